The Labute approximate surface area is 93.9 Å². The molecule has 78 valence electrons. The van der Waals surface area contributed by atoms with Crippen molar-refractivity contribution in [2.24, 2.45) is 0 Å². The predicted octanol–water partition coefficient (Wildman–Crippen LogP) is 3.95. The van der Waals surface area contributed by atoms with E-state index >= 15 is 0 Å². The van der Waals surface area contributed by atoms with Crippen LogP contribution in [0, 0.1) is 0 Å². The van der Waals surface area contributed by atoms with E-state index in [2.05, 4.69) is 11.9 Å². The van der Waals surface area contributed by atoms with Gasteiger partial charge < -0.3 is 4.42 Å². The van der Waals surface area contributed by atoms with Gasteiger partial charge in [0.2, 0.25) is 5.89 Å². The van der Waals surface area contributed by atoms with Gasteiger partial charge in [0.25, 0.3) is 0 Å². The number of hydrogen-bond donors (Lipinski definition) is 0. The third-order valence-corrected chi connectivity index (χ3v) is 2.39. The fourth-order valence-electron chi connectivity index (χ4n) is 1.40. The largest absolute Gasteiger partial charge is 0.441 e. The lowest BCUT2D eigenvalue weighted by Gasteiger charge is -1.95. The molecule has 2 rings (SSSR count). The zero-order valence-electron chi connectivity index (χ0n) is 8.53. The van der Waals surface area contributed by atoms with Crippen molar-refractivity contribution >= 4 is 11.6 Å². The van der Waals surface area contributed by atoms with Gasteiger partial charge in [0, 0.05) is 17.0 Å². The monoisotopic (exact) mass is 221 g/mol. The average molecular weight is 222 g/mol. The standard InChI is InChI=1S/C12H12ClNO/c1-2-3-11-8-14-12(15-11)9-4-6-10(13)7-5-9/h4-8H,2-3H2,1H3. The van der Waals surface area contributed by atoms with Gasteiger partial charge in [-0.3, -0.25) is 0 Å². The van der Waals surface area contributed by atoms with Crippen LogP contribution in [0.3, 0.4) is 0 Å². The first-order valence-corrected chi connectivity index (χ1v) is 5.38. The predicted molar refractivity (Wildman–Crippen MR) is 60.9 cm³/mol. The highest BCUT2D eigenvalue weighted by molar-refractivity contribution is 6.30. The van der Waals surface area contributed by atoms with Crippen LogP contribution < -0.4 is 0 Å². The summed E-state index contributed by atoms with van der Waals surface area (Å²) in [4.78, 5) is 4.22. The number of benzene rings is 1. The minimum absolute atomic E-state index is 0.662. The third kappa shape index (κ3) is 2.39. The number of aromatic nitrogens is 1. The molecular formula is C12H12ClNO. The second-order valence-corrected chi connectivity index (χ2v) is 3.83. The highest BCUT2D eigenvalue weighted by Gasteiger charge is 2.05. The molecule has 0 amide bonds. The molecule has 0 saturated heterocycles. The van der Waals surface area contributed by atoms with Crippen molar-refractivity contribution in [3.63, 3.8) is 0 Å². The van der Waals surface area contributed by atoms with Crippen LogP contribution in [0.15, 0.2) is 34.9 Å². The Morgan fingerprint density at radius 1 is 1.27 bits per heavy atom. The van der Waals surface area contributed by atoms with Gasteiger partial charge in [-0.05, 0) is 30.7 Å². The molecule has 0 aliphatic carbocycles. The normalized spacial score (nSPS) is 10.5. The summed E-state index contributed by atoms with van der Waals surface area (Å²) in [5.41, 5.74) is 0.960. The van der Waals surface area contributed by atoms with Crippen molar-refractivity contribution in [2.45, 2.75) is 19.8 Å². The maximum Gasteiger partial charge on any atom is 0.226 e. The number of nitrogens with zero attached hydrogens (tertiary/aromatic N) is 1. The van der Waals surface area contributed by atoms with Crippen molar-refractivity contribution in [2.75, 3.05) is 0 Å². The highest BCUT2D eigenvalue weighted by Crippen LogP contribution is 2.21. The van der Waals surface area contributed by atoms with E-state index in [1.165, 1.54) is 0 Å². The molecule has 2 aromatic rings. The van der Waals surface area contributed by atoms with Crippen LogP contribution in [0.4, 0.5) is 0 Å². The van der Waals surface area contributed by atoms with Crippen LogP contribution in [-0.2, 0) is 6.42 Å². The summed E-state index contributed by atoms with van der Waals surface area (Å²) in [6.07, 6.45) is 3.78. The van der Waals surface area contributed by atoms with Crippen molar-refractivity contribution in [3.8, 4) is 11.5 Å². The summed E-state index contributed by atoms with van der Waals surface area (Å²) in [5, 5.41) is 0.721. The topological polar surface area (TPSA) is 26.0 Å². The average Bonchev–Trinajstić information content (AvgIpc) is 2.68. The van der Waals surface area contributed by atoms with E-state index in [-0.39, 0.29) is 0 Å². The van der Waals surface area contributed by atoms with E-state index < -0.39 is 0 Å². The Bertz CT molecular complexity index is 433. The second-order valence-electron chi connectivity index (χ2n) is 3.39. The SMILES string of the molecule is CCCc1cnc(-c2ccc(Cl)cc2)o1. The number of hydrogen-bond acceptors (Lipinski definition) is 2. The van der Waals surface area contributed by atoms with Crippen molar-refractivity contribution in [3.05, 3.63) is 41.2 Å². The van der Waals surface area contributed by atoms with Crippen LogP contribution >= 0.6 is 11.6 Å². The first-order valence-electron chi connectivity index (χ1n) is 5.00. The quantitative estimate of drug-likeness (QED) is 0.785. The van der Waals surface area contributed by atoms with Gasteiger partial charge >= 0.3 is 0 Å². The summed E-state index contributed by atoms with van der Waals surface area (Å²) in [6.45, 7) is 2.12. The molecule has 0 spiro atoms. The molecule has 0 fully saturated rings. The van der Waals surface area contributed by atoms with Gasteiger partial charge in [-0.1, -0.05) is 18.5 Å². The molecule has 1 aromatic carbocycles. The lowest BCUT2D eigenvalue weighted by Crippen LogP contribution is -1.76. The lowest BCUT2D eigenvalue weighted by molar-refractivity contribution is 0.514. The molecule has 3 heteroatoms. The van der Waals surface area contributed by atoms with Crippen molar-refractivity contribution in [1.29, 1.82) is 0 Å². The molecule has 0 aliphatic rings. The van der Waals surface area contributed by atoms with Gasteiger partial charge in [-0.15, -0.1) is 0 Å². The molecule has 2 nitrogen and oxygen atoms in total. The number of oxazole rings is 1. The molecule has 0 bridgehead atoms. The Hall–Kier alpha value is -1.28. The van der Waals surface area contributed by atoms with Crippen LogP contribution in [0.2, 0.25) is 5.02 Å². The molecule has 15 heavy (non-hydrogen) atoms. The van der Waals surface area contributed by atoms with E-state index in [1.807, 2.05) is 24.3 Å². The van der Waals surface area contributed by atoms with Gasteiger partial charge in [0.1, 0.15) is 5.76 Å². The maximum absolute atomic E-state index is 5.80. The van der Waals surface area contributed by atoms with E-state index in [0.717, 1.165) is 29.2 Å². The Balaban J connectivity index is 2.25. The fraction of sp³-hybridized carbons (Fsp3) is 0.250. The van der Waals surface area contributed by atoms with E-state index in [0.29, 0.717) is 5.89 Å². The summed E-state index contributed by atoms with van der Waals surface area (Å²) in [6, 6.07) is 7.48. The number of halogens is 1. The fourth-order valence-corrected chi connectivity index (χ4v) is 1.52. The summed E-state index contributed by atoms with van der Waals surface area (Å²) < 4.78 is 5.60. The molecule has 0 aliphatic heterocycles. The molecule has 0 unspecified atom stereocenters. The van der Waals surface area contributed by atoms with Crippen molar-refractivity contribution in [1.82, 2.24) is 4.98 Å². The minimum Gasteiger partial charge on any atom is -0.441 e. The summed E-state index contributed by atoms with van der Waals surface area (Å²) in [5.74, 6) is 1.59. The smallest absolute Gasteiger partial charge is 0.226 e. The number of rotatable bonds is 3. The van der Waals surface area contributed by atoms with Gasteiger partial charge in [-0.2, -0.15) is 0 Å². The maximum atomic E-state index is 5.80. The van der Waals surface area contributed by atoms with E-state index in [9.17, 15) is 0 Å². The molecule has 0 saturated carbocycles. The zero-order chi connectivity index (χ0) is 10.7. The Morgan fingerprint density at radius 2 is 2.00 bits per heavy atom. The lowest BCUT2D eigenvalue weighted by atomic mass is 10.2. The summed E-state index contributed by atoms with van der Waals surface area (Å²) in [7, 11) is 0. The minimum atomic E-state index is 0.662. The van der Waals surface area contributed by atoms with Crippen LogP contribution in [0.1, 0.15) is 19.1 Å². The van der Waals surface area contributed by atoms with E-state index in [1.54, 1.807) is 6.20 Å². The Morgan fingerprint density at radius 3 is 2.67 bits per heavy atom. The second kappa shape index (κ2) is 4.49. The molecule has 0 N–H and O–H groups in total. The van der Waals surface area contributed by atoms with Crippen molar-refractivity contribution < 1.29 is 4.42 Å². The molecule has 0 atom stereocenters. The molecule has 1 aromatic heterocycles. The summed E-state index contributed by atoms with van der Waals surface area (Å²) >= 11 is 5.80. The van der Waals surface area contributed by atoms with Gasteiger partial charge in [0.15, 0.2) is 0 Å². The molecule has 0 radical (unpaired) electrons. The zero-order valence-corrected chi connectivity index (χ0v) is 9.29. The van der Waals surface area contributed by atoms with Crippen LogP contribution in [0.25, 0.3) is 11.5 Å². The Kier molecular flexibility index (Phi) is 3.07. The van der Waals surface area contributed by atoms with Gasteiger partial charge in [-0.25, -0.2) is 4.98 Å². The van der Waals surface area contributed by atoms with Crippen LogP contribution in [-0.4, -0.2) is 4.98 Å². The van der Waals surface area contributed by atoms with E-state index in [4.69, 9.17) is 16.0 Å². The first-order chi connectivity index (χ1) is 7.29. The molecule has 1 heterocycles. The van der Waals surface area contributed by atoms with Gasteiger partial charge in [0.05, 0.1) is 6.20 Å². The van der Waals surface area contributed by atoms with Crippen LogP contribution in [0.5, 0.6) is 0 Å². The first kappa shape index (κ1) is 10.2. The number of aryl methyl sites for hydroxylation is 1. The highest BCUT2D eigenvalue weighted by atomic mass is 35.5. The third-order valence-electron chi connectivity index (χ3n) is 2.14. The molecular weight excluding hydrogens is 210 g/mol.